The average molecular weight is 296 g/mol. The van der Waals surface area contributed by atoms with Gasteiger partial charge in [-0.2, -0.15) is 0 Å². The lowest BCUT2D eigenvalue weighted by atomic mass is 10.1. The number of halogens is 2. The molecule has 0 radical (unpaired) electrons. The number of benzene rings is 2. The second kappa shape index (κ2) is 6.29. The van der Waals surface area contributed by atoms with E-state index in [0.29, 0.717) is 11.6 Å². The van der Waals surface area contributed by atoms with E-state index in [-0.39, 0.29) is 11.8 Å². The molecule has 4 heteroatoms. The average Bonchev–Trinajstić information content (AvgIpc) is 2.40. The van der Waals surface area contributed by atoms with E-state index in [9.17, 15) is 5.11 Å². The van der Waals surface area contributed by atoms with Crippen LogP contribution in [0.25, 0.3) is 0 Å². The van der Waals surface area contributed by atoms with Crippen LogP contribution in [0, 0.1) is 0 Å². The molecule has 0 saturated heterocycles. The Hall–Kier alpha value is -1.22. The SMILES string of the molecule is CC(NCc1ccc(Cl)c(O)c1)c1cccc(Cl)c1. The molecule has 0 bridgehead atoms. The largest absolute Gasteiger partial charge is 0.506 e. The molecular formula is C15H15Cl2NO. The van der Waals surface area contributed by atoms with Gasteiger partial charge in [0.1, 0.15) is 5.75 Å². The molecule has 0 aliphatic rings. The van der Waals surface area contributed by atoms with E-state index in [0.717, 1.165) is 16.1 Å². The maximum Gasteiger partial charge on any atom is 0.134 e. The fourth-order valence-corrected chi connectivity index (χ4v) is 2.15. The van der Waals surface area contributed by atoms with E-state index in [1.54, 1.807) is 12.1 Å². The summed E-state index contributed by atoms with van der Waals surface area (Å²) in [4.78, 5) is 0. The second-order valence-corrected chi connectivity index (χ2v) is 5.29. The highest BCUT2D eigenvalue weighted by molar-refractivity contribution is 6.32. The molecule has 0 saturated carbocycles. The van der Waals surface area contributed by atoms with Crippen molar-refractivity contribution < 1.29 is 5.11 Å². The fourth-order valence-electron chi connectivity index (χ4n) is 1.83. The number of hydrogen-bond donors (Lipinski definition) is 2. The summed E-state index contributed by atoms with van der Waals surface area (Å²) in [6, 6.07) is 13.2. The van der Waals surface area contributed by atoms with Crippen LogP contribution in [0.15, 0.2) is 42.5 Å². The molecular weight excluding hydrogens is 281 g/mol. The Bertz CT molecular complexity index is 572. The van der Waals surface area contributed by atoms with E-state index >= 15 is 0 Å². The van der Waals surface area contributed by atoms with Crippen LogP contribution >= 0.6 is 23.2 Å². The number of hydrogen-bond acceptors (Lipinski definition) is 2. The Kier molecular flexibility index (Phi) is 4.70. The summed E-state index contributed by atoms with van der Waals surface area (Å²) in [6.07, 6.45) is 0. The minimum absolute atomic E-state index is 0.108. The second-order valence-electron chi connectivity index (χ2n) is 4.44. The van der Waals surface area contributed by atoms with Crippen molar-refractivity contribution in [1.82, 2.24) is 5.32 Å². The summed E-state index contributed by atoms with van der Waals surface area (Å²) >= 11 is 11.7. The van der Waals surface area contributed by atoms with Crippen molar-refractivity contribution in [3.8, 4) is 5.75 Å². The standard InChI is InChI=1S/C15H15Cl2NO/c1-10(12-3-2-4-13(16)8-12)18-9-11-5-6-14(17)15(19)7-11/h2-8,10,18-19H,9H2,1H3. The van der Waals surface area contributed by atoms with E-state index in [1.165, 1.54) is 0 Å². The van der Waals surface area contributed by atoms with E-state index in [4.69, 9.17) is 23.2 Å². The van der Waals surface area contributed by atoms with Crippen LogP contribution in [0.5, 0.6) is 5.75 Å². The smallest absolute Gasteiger partial charge is 0.134 e. The minimum Gasteiger partial charge on any atom is -0.506 e. The Balaban J connectivity index is 2.00. The minimum atomic E-state index is 0.108. The number of phenolic OH excluding ortho intramolecular Hbond substituents is 1. The molecule has 0 amide bonds. The van der Waals surface area contributed by atoms with E-state index < -0.39 is 0 Å². The number of aromatic hydroxyl groups is 1. The van der Waals surface area contributed by atoms with Gasteiger partial charge < -0.3 is 10.4 Å². The zero-order valence-corrected chi connectivity index (χ0v) is 12.0. The molecule has 0 aromatic heterocycles. The highest BCUT2D eigenvalue weighted by atomic mass is 35.5. The van der Waals surface area contributed by atoms with Gasteiger partial charge >= 0.3 is 0 Å². The first-order chi connectivity index (χ1) is 9.06. The third-order valence-electron chi connectivity index (χ3n) is 2.97. The predicted octanol–water partition coefficient (Wildman–Crippen LogP) is 4.55. The molecule has 0 aliphatic carbocycles. The molecule has 2 aromatic carbocycles. The van der Waals surface area contributed by atoms with Crippen LogP contribution in [-0.2, 0) is 6.54 Å². The third-order valence-corrected chi connectivity index (χ3v) is 3.53. The first-order valence-corrected chi connectivity index (χ1v) is 6.78. The molecule has 0 aliphatic heterocycles. The van der Waals surface area contributed by atoms with Crippen molar-refractivity contribution in [3.63, 3.8) is 0 Å². The zero-order chi connectivity index (χ0) is 13.8. The summed E-state index contributed by atoms with van der Waals surface area (Å²) in [5.74, 6) is 0.108. The first kappa shape index (κ1) is 14.2. The fraction of sp³-hybridized carbons (Fsp3) is 0.200. The number of nitrogens with one attached hydrogen (secondary N) is 1. The first-order valence-electron chi connectivity index (χ1n) is 6.02. The summed E-state index contributed by atoms with van der Waals surface area (Å²) in [5, 5.41) is 14.0. The monoisotopic (exact) mass is 295 g/mol. The molecule has 0 spiro atoms. The lowest BCUT2D eigenvalue weighted by Gasteiger charge is -2.15. The lowest BCUT2D eigenvalue weighted by molar-refractivity contribution is 0.473. The maximum atomic E-state index is 9.54. The summed E-state index contributed by atoms with van der Waals surface area (Å²) in [7, 11) is 0. The molecule has 1 atom stereocenters. The highest BCUT2D eigenvalue weighted by Crippen LogP contribution is 2.24. The molecule has 2 nitrogen and oxygen atoms in total. The molecule has 19 heavy (non-hydrogen) atoms. The summed E-state index contributed by atoms with van der Waals surface area (Å²) in [5.41, 5.74) is 2.11. The Morgan fingerprint density at radius 3 is 2.63 bits per heavy atom. The van der Waals surface area contributed by atoms with E-state index in [2.05, 4.69) is 12.2 Å². The zero-order valence-electron chi connectivity index (χ0n) is 10.5. The van der Waals surface area contributed by atoms with Gasteiger partial charge in [0.2, 0.25) is 0 Å². The van der Waals surface area contributed by atoms with Crippen molar-refractivity contribution in [3.05, 3.63) is 63.6 Å². The maximum absolute atomic E-state index is 9.54. The van der Waals surface area contributed by atoms with Crippen LogP contribution in [-0.4, -0.2) is 5.11 Å². The van der Waals surface area contributed by atoms with Crippen LogP contribution < -0.4 is 5.32 Å². The normalized spacial score (nSPS) is 12.4. The summed E-state index contributed by atoms with van der Waals surface area (Å²) in [6.45, 7) is 2.72. The quantitative estimate of drug-likeness (QED) is 0.867. The molecule has 0 fully saturated rings. The van der Waals surface area contributed by atoms with Crippen LogP contribution in [0.3, 0.4) is 0 Å². The molecule has 2 rings (SSSR count). The Morgan fingerprint density at radius 1 is 1.16 bits per heavy atom. The van der Waals surface area contributed by atoms with Gasteiger partial charge in [-0.3, -0.25) is 0 Å². The lowest BCUT2D eigenvalue weighted by Crippen LogP contribution is -2.17. The van der Waals surface area contributed by atoms with Gasteiger partial charge in [-0.05, 0) is 42.3 Å². The number of phenols is 1. The van der Waals surface area contributed by atoms with Crippen molar-refractivity contribution >= 4 is 23.2 Å². The van der Waals surface area contributed by atoms with Gasteiger partial charge in [0.25, 0.3) is 0 Å². The van der Waals surface area contributed by atoms with Gasteiger partial charge in [0.15, 0.2) is 0 Å². The summed E-state index contributed by atoms with van der Waals surface area (Å²) < 4.78 is 0. The molecule has 2 N–H and O–H groups in total. The van der Waals surface area contributed by atoms with Crippen molar-refractivity contribution in [2.24, 2.45) is 0 Å². The predicted molar refractivity (Wildman–Crippen MR) is 79.8 cm³/mol. The molecule has 100 valence electrons. The van der Waals surface area contributed by atoms with E-state index in [1.807, 2.05) is 30.3 Å². The van der Waals surface area contributed by atoms with Crippen LogP contribution in [0.4, 0.5) is 0 Å². The van der Waals surface area contributed by atoms with Crippen molar-refractivity contribution in [2.75, 3.05) is 0 Å². The topological polar surface area (TPSA) is 32.3 Å². The Labute approximate surface area is 123 Å². The highest BCUT2D eigenvalue weighted by Gasteiger charge is 2.06. The van der Waals surface area contributed by atoms with Crippen LogP contribution in [0.1, 0.15) is 24.1 Å². The van der Waals surface area contributed by atoms with Gasteiger partial charge in [-0.15, -0.1) is 0 Å². The molecule has 2 aromatic rings. The van der Waals surface area contributed by atoms with Crippen LogP contribution in [0.2, 0.25) is 10.0 Å². The van der Waals surface area contributed by atoms with Crippen molar-refractivity contribution in [2.45, 2.75) is 19.5 Å². The van der Waals surface area contributed by atoms with Crippen molar-refractivity contribution in [1.29, 1.82) is 0 Å². The Morgan fingerprint density at radius 2 is 1.95 bits per heavy atom. The van der Waals surface area contributed by atoms with Gasteiger partial charge in [-0.25, -0.2) is 0 Å². The van der Waals surface area contributed by atoms with Gasteiger partial charge in [-0.1, -0.05) is 41.4 Å². The van der Waals surface area contributed by atoms with Gasteiger partial charge in [0.05, 0.1) is 5.02 Å². The number of rotatable bonds is 4. The third kappa shape index (κ3) is 3.87. The van der Waals surface area contributed by atoms with Gasteiger partial charge in [0, 0.05) is 17.6 Å². The molecule has 0 heterocycles. The molecule has 1 unspecified atom stereocenters.